The maximum atomic E-state index is 5.97. The third kappa shape index (κ3) is 1.51. The minimum atomic E-state index is 0.387. The van der Waals surface area contributed by atoms with Gasteiger partial charge < -0.3 is 5.73 Å². The van der Waals surface area contributed by atoms with Gasteiger partial charge in [0.25, 0.3) is 0 Å². The first-order valence-corrected chi connectivity index (χ1v) is 4.28. The predicted octanol–water partition coefficient (Wildman–Crippen LogP) is 2.16. The quantitative estimate of drug-likeness (QED) is 0.549. The Kier molecular flexibility index (Phi) is 2.04. The second-order valence-electron chi connectivity index (χ2n) is 4.48. The largest absolute Gasteiger partial charge is 0.327 e. The second-order valence-corrected chi connectivity index (χ2v) is 4.48. The van der Waals surface area contributed by atoms with Crippen molar-refractivity contribution in [3.63, 3.8) is 0 Å². The number of nitrogens with two attached hydrogens (primary N) is 1. The van der Waals surface area contributed by atoms with Gasteiger partial charge in [-0.3, -0.25) is 0 Å². The molecule has 2 atom stereocenters. The first kappa shape index (κ1) is 8.06. The molecule has 1 nitrogen and oxygen atoms in total. The Morgan fingerprint density at radius 3 is 2.30 bits per heavy atom. The van der Waals surface area contributed by atoms with E-state index in [0.29, 0.717) is 11.5 Å². The summed E-state index contributed by atoms with van der Waals surface area (Å²) in [6.07, 6.45) is 3.84. The lowest BCUT2D eigenvalue weighted by Crippen LogP contribution is -2.42. The molecule has 2 unspecified atom stereocenters. The van der Waals surface area contributed by atoms with Gasteiger partial charge in [-0.15, -0.1) is 0 Å². The molecule has 0 aliphatic heterocycles. The van der Waals surface area contributed by atoms with Crippen molar-refractivity contribution in [1.29, 1.82) is 0 Å². The first-order valence-electron chi connectivity index (χ1n) is 4.28. The third-order valence-corrected chi connectivity index (χ3v) is 2.85. The average Bonchev–Trinajstić information content (AvgIpc) is 1.78. The Morgan fingerprint density at radius 2 is 1.90 bits per heavy atom. The van der Waals surface area contributed by atoms with E-state index in [2.05, 4.69) is 20.8 Å². The molecule has 10 heavy (non-hydrogen) atoms. The molecule has 0 aromatic carbocycles. The summed E-state index contributed by atoms with van der Waals surface area (Å²) in [5.41, 5.74) is 6.36. The normalized spacial score (nSPS) is 39.6. The minimum absolute atomic E-state index is 0.387. The molecule has 0 spiro atoms. The highest BCUT2D eigenvalue weighted by atomic mass is 14.7. The van der Waals surface area contributed by atoms with Gasteiger partial charge in [0.2, 0.25) is 0 Å². The Bertz CT molecular complexity index is 118. The van der Waals surface area contributed by atoms with Crippen LogP contribution in [0.2, 0.25) is 0 Å². The van der Waals surface area contributed by atoms with Gasteiger partial charge in [-0.05, 0) is 30.6 Å². The maximum Gasteiger partial charge on any atom is 0.00904 e. The molecule has 0 saturated heterocycles. The van der Waals surface area contributed by atoms with Crippen molar-refractivity contribution >= 4 is 0 Å². The zero-order valence-electron chi connectivity index (χ0n) is 7.35. The van der Waals surface area contributed by atoms with E-state index in [1.54, 1.807) is 0 Å². The van der Waals surface area contributed by atoms with Crippen molar-refractivity contribution in [2.24, 2.45) is 17.1 Å². The molecular weight excluding hydrogens is 122 g/mol. The lowest BCUT2D eigenvalue weighted by molar-refractivity contribution is 0.157. The summed E-state index contributed by atoms with van der Waals surface area (Å²) < 4.78 is 0. The minimum Gasteiger partial charge on any atom is -0.327 e. The summed E-state index contributed by atoms with van der Waals surface area (Å²) in [5, 5.41) is 0. The van der Waals surface area contributed by atoms with Crippen molar-refractivity contribution in [3.05, 3.63) is 0 Å². The van der Waals surface area contributed by atoms with Gasteiger partial charge in [-0.2, -0.15) is 0 Å². The van der Waals surface area contributed by atoms with Crippen LogP contribution >= 0.6 is 0 Å². The molecule has 0 radical (unpaired) electrons. The van der Waals surface area contributed by atoms with Crippen molar-refractivity contribution in [2.75, 3.05) is 0 Å². The van der Waals surface area contributed by atoms with E-state index in [1.807, 2.05) is 0 Å². The molecule has 1 rings (SSSR count). The summed E-state index contributed by atoms with van der Waals surface area (Å²) in [6.45, 7) is 6.90. The van der Waals surface area contributed by atoms with E-state index >= 15 is 0 Å². The number of hydrogen-bond donors (Lipinski definition) is 1. The van der Waals surface area contributed by atoms with Crippen LogP contribution in [0.15, 0.2) is 0 Å². The fraction of sp³-hybridized carbons (Fsp3) is 1.00. The standard InChI is InChI=1S/C9H19N/c1-7-4-5-8(10)9(2,3)6-7/h7-8H,4-6,10H2,1-3H3. The summed E-state index contributed by atoms with van der Waals surface area (Å²) in [5.74, 6) is 0.884. The summed E-state index contributed by atoms with van der Waals surface area (Å²) >= 11 is 0. The zero-order chi connectivity index (χ0) is 7.78. The average molecular weight is 141 g/mol. The maximum absolute atomic E-state index is 5.97. The molecule has 0 bridgehead atoms. The summed E-state index contributed by atoms with van der Waals surface area (Å²) in [4.78, 5) is 0. The van der Waals surface area contributed by atoms with Crippen LogP contribution in [0.25, 0.3) is 0 Å². The third-order valence-electron chi connectivity index (χ3n) is 2.85. The Morgan fingerprint density at radius 1 is 1.30 bits per heavy atom. The first-order chi connectivity index (χ1) is 4.52. The van der Waals surface area contributed by atoms with Crippen LogP contribution in [-0.4, -0.2) is 6.04 Å². The molecule has 0 amide bonds. The molecule has 1 aliphatic rings. The van der Waals surface area contributed by atoms with E-state index in [4.69, 9.17) is 5.73 Å². The molecule has 0 aromatic rings. The topological polar surface area (TPSA) is 26.0 Å². The molecule has 0 heterocycles. The van der Waals surface area contributed by atoms with Gasteiger partial charge in [-0.25, -0.2) is 0 Å². The predicted molar refractivity (Wildman–Crippen MR) is 44.8 cm³/mol. The Hall–Kier alpha value is -0.0400. The van der Waals surface area contributed by atoms with Gasteiger partial charge in [0.1, 0.15) is 0 Å². The van der Waals surface area contributed by atoms with Crippen LogP contribution in [0.4, 0.5) is 0 Å². The lowest BCUT2D eigenvalue weighted by Gasteiger charge is -2.39. The molecule has 60 valence electrons. The van der Waals surface area contributed by atoms with Crippen LogP contribution in [0.5, 0.6) is 0 Å². The zero-order valence-corrected chi connectivity index (χ0v) is 7.35. The lowest BCUT2D eigenvalue weighted by atomic mass is 9.70. The van der Waals surface area contributed by atoms with Crippen LogP contribution in [0, 0.1) is 11.3 Å². The summed E-state index contributed by atoms with van der Waals surface area (Å²) in [7, 11) is 0. The van der Waals surface area contributed by atoms with E-state index in [0.717, 1.165) is 5.92 Å². The molecule has 2 N–H and O–H groups in total. The van der Waals surface area contributed by atoms with Gasteiger partial charge in [0.15, 0.2) is 0 Å². The van der Waals surface area contributed by atoms with Crippen LogP contribution in [0.3, 0.4) is 0 Å². The number of hydrogen-bond acceptors (Lipinski definition) is 1. The Labute approximate surface area is 64.0 Å². The fourth-order valence-corrected chi connectivity index (χ4v) is 2.01. The molecule has 1 aliphatic carbocycles. The van der Waals surface area contributed by atoms with Gasteiger partial charge in [0, 0.05) is 6.04 Å². The molecule has 0 aromatic heterocycles. The smallest absolute Gasteiger partial charge is 0.00904 e. The van der Waals surface area contributed by atoms with Crippen molar-refractivity contribution in [2.45, 2.75) is 46.1 Å². The second kappa shape index (κ2) is 2.54. The molecule has 1 fully saturated rings. The highest BCUT2D eigenvalue weighted by molar-refractivity contribution is 4.87. The fourth-order valence-electron chi connectivity index (χ4n) is 2.01. The van der Waals surface area contributed by atoms with E-state index in [9.17, 15) is 0 Å². The molecule has 1 saturated carbocycles. The molecular formula is C9H19N. The van der Waals surface area contributed by atoms with Crippen molar-refractivity contribution in [1.82, 2.24) is 0 Å². The van der Waals surface area contributed by atoms with E-state index < -0.39 is 0 Å². The van der Waals surface area contributed by atoms with Gasteiger partial charge in [-0.1, -0.05) is 20.8 Å². The highest BCUT2D eigenvalue weighted by Crippen LogP contribution is 2.37. The van der Waals surface area contributed by atoms with Crippen molar-refractivity contribution in [3.8, 4) is 0 Å². The van der Waals surface area contributed by atoms with Gasteiger partial charge in [0.05, 0.1) is 0 Å². The van der Waals surface area contributed by atoms with Crippen LogP contribution in [0.1, 0.15) is 40.0 Å². The monoisotopic (exact) mass is 141 g/mol. The molecule has 1 heteroatoms. The van der Waals surface area contributed by atoms with Crippen LogP contribution in [-0.2, 0) is 0 Å². The summed E-state index contributed by atoms with van der Waals surface area (Å²) in [6, 6.07) is 0.434. The van der Waals surface area contributed by atoms with E-state index in [1.165, 1.54) is 19.3 Å². The Balaban J connectivity index is 2.55. The SMILES string of the molecule is CC1CCC(N)C(C)(C)C1. The van der Waals surface area contributed by atoms with Gasteiger partial charge >= 0.3 is 0 Å². The van der Waals surface area contributed by atoms with Crippen LogP contribution < -0.4 is 5.73 Å². The number of rotatable bonds is 0. The van der Waals surface area contributed by atoms with Crippen molar-refractivity contribution < 1.29 is 0 Å². The highest BCUT2D eigenvalue weighted by Gasteiger charge is 2.32. The van der Waals surface area contributed by atoms with E-state index in [-0.39, 0.29) is 0 Å².